The molecule has 5 nitrogen and oxygen atoms in total. The van der Waals surface area contributed by atoms with Crippen LogP contribution in [0.4, 0.5) is 0 Å². The van der Waals surface area contributed by atoms with Crippen molar-refractivity contribution in [1.29, 1.82) is 5.26 Å². The highest BCUT2D eigenvalue weighted by atomic mass is 32.2. The average Bonchev–Trinajstić information content (AvgIpc) is 2.44. The van der Waals surface area contributed by atoms with Crippen LogP contribution in [0.25, 0.3) is 0 Å². The smallest absolute Gasteiger partial charge is 0.242 e. The van der Waals surface area contributed by atoms with Gasteiger partial charge in [-0.05, 0) is 31.5 Å². The molecule has 1 N–H and O–H groups in total. The number of hydrogen-bond donors (Lipinski definition) is 1. The third-order valence-corrected chi connectivity index (χ3v) is 4.94. The summed E-state index contributed by atoms with van der Waals surface area (Å²) in [7, 11) is -0.358. The van der Waals surface area contributed by atoms with Gasteiger partial charge in [0.25, 0.3) is 0 Å². The van der Waals surface area contributed by atoms with Gasteiger partial charge < -0.3 is 5.32 Å². The molecule has 2 atom stereocenters. The van der Waals surface area contributed by atoms with Crippen molar-refractivity contribution < 1.29 is 8.42 Å². The van der Waals surface area contributed by atoms with Crippen molar-refractivity contribution in [2.24, 2.45) is 5.92 Å². The molecule has 1 aromatic carbocycles. The highest BCUT2D eigenvalue weighted by Gasteiger charge is 2.17. The Morgan fingerprint density at radius 1 is 1.25 bits per heavy atom. The summed E-state index contributed by atoms with van der Waals surface area (Å²) in [5, 5.41) is 12.0. The molecule has 110 valence electrons. The van der Waals surface area contributed by atoms with Gasteiger partial charge >= 0.3 is 0 Å². The molecule has 6 heteroatoms. The zero-order valence-corrected chi connectivity index (χ0v) is 13.1. The molecule has 0 radical (unpaired) electrons. The average molecular weight is 295 g/mol. The first-order chi connectivity index (χ1) is 9.28. The fourth-order valence-electron chi connectivity index (χ4n) is 1.66. The number of sulfonamides is 1. The second kappa shape index (κ2) is 6.84. The summed E-state index contributed by atoms with van der Waals surface area (Å²) < 4.78 is 25.1. The first-order valence-corrected chi connectivity index (χ1v) is 7.88. The Morgan fingerprint density at radius 2 is 1.80 bits per heavy atom. The minimum Gasteiger partial charge on any atom is -0.309 e. The second-order valence-corrected chi connectivity index (χ2v) is 7.17. The molecule has 0 aliphatic carbocycles. The highest BCUT2D eigenvalue weighted by Crippen LogP contribution is 2.18. The molecule has 0 bridgehead atoms. The number of nitrogens with one attached hydrogen (secondary N) is 1. The molecule has 0 amide bonds. The molecule has 0 fully saturated rings. The summed E-state index contributed by atoms with van der Waals surface area (Å²) >= 11 is 0. The summed E-state index contributed by atoms with van der Waals surface area (Å²) in [6, 6.07) is 9.05. The predicted molar refractivity (Wildman–Crippen MR) is 78.5 cm³/mol. The normalized spacial score (nSPS) is 14.8. The van der Waals surface area contributed by atoms with E-state index in [1.807, 2.05) is 13.8 Å². The number of nitriles is 1. The van der Waals surface area contributed by atoms with E-state index in [0.29, 0.717) is 6.54 Å². The highest BCUT2D eigenvalue weighted by molar-refractivity contribution is 7.89. The van der Waals surface area contributed by atoms with Gasteiger partial charge in [0.2, 0.25) is 10.0 Å². The summed E-state index contributed by atoms with van der Waals surface area (Å²) in [5.41, 5.74) is 0.993. The summed E-state index contributed by atoms with van der Waals surface area (Å²) in [4.78, 5) is 0.281. The molecule has 0 heterocycles. The lowest BCUT2D eigenvalue weighted by Gasteiger charge is -2.16. The molecule has 0 saturated heterocycles. The molecule has 0 aliphatic rings. The Labute approximate surface area is 121 Å². The molecule has 0 aromatic heterocycles. The fraction of sp³-hybridized carbons (Fsp3) is 0.500. The lowest BCUT2D eigenvalue weighted by atomic mass is 10.1. The Hall–Kier alpha value is -1.42. The topological polar surface area (TPSA) is 73.2 Å². The van der Waals surface area contributed by atoms with Crippen LogP contribution in [0.2, 0.25) is 0 Å². The van der Waals surface area contributed by atoms with E-state index in [9.17, 15) is 8.42 Å². The van der Waals surface area contributed by atoms with Crippen molar-refractivity contribution in [3.8, 4) is 6.07 Å². The molecule has 1 aromatic rings. The SMILES string of the molecule is CC(C#N)CNC(C)c1ccc(S(=O)(=O)N(C)C)cc1. The van der Waals surface area contributed by atoms with Crippen LogP contribution in [0.5, 0.6) is 0 Å². The minimum absolute atomic E-state index is 0.0501. The van der Waals surface area contributed by atoms with Crippen molar-refractivity contribution in [2.45, 2.75) is 24.8 Å². The number of nitrogens with zero attached hydrogens (tertiary/aromatic N) is 2. The van der Waals surface area contributed by atoms with Crippen LogP contribution < -0.4 is 5.32 Å². The van der Waals surface area contributed by atoms with Crippen LogP contribution >= 0.6 is 0 Å². The van der Waals surface area contributed by atoms with Crippen molar-refractivity contribution >= 4 is 10.0 Å². The zero-order valence-electron chi connectivity index (χ0n) is 12.3. The van der Waals surface area contributed by atoms with E-state index in [4.69, 9.17) is 5.26 Å². The monoisotopic (exact) mass is 295 g/mol. The first kappa shape index (κ1) is 16.6. The first-order valence-electron chi connectivity index (χ1n) is 6.44. The van der Waals surface area contributed by atoms with Crippen molar-refractivity contribution in [1.82, 2.24) is 9.62 Å². The Kier molecular flexibility index (Phi) is 5.69. The quantitative estimate of drug-likeness (QED) is 0.867. The van der Waals surface area contributed by atoms with E-state index >= 15 is 0 Å². The van der Waals surface area contributed by atoms with Crippen molar-refractivity contribution in [3.63, 3.8) is 0 Å². The maximum Gasteiger partial charge on any atom is 0.242 e. The molecule has 2 unspecified atom stereocenters. The third kappa shape index (κ3) is 4.04. The van der Waals surface area contributed by atoms with Gasteiger partial charge in [0.1, 0.15) is 0 Å². The van der Waals surface area contributed by atoms with Crippen LogP contribution in [-0.2, 0) is 10.0 Å². The minimum atomic E-state index is -3.38. The van der Waals surface area contributed by atoms with Gasteiger partial charge in [-0.25, -0.2) is 12.7 Å². The molecule has 0 saturated carbocycles. The van der Waals surface area contributed by atoms with E-state index in [-0.39, 0.29) is 16.9 Å². The lowest BCUT2D eigenvalue weighted by Crippen LogP contribution is -2.24. The summed E-state index contributed by atoms with van der Waals surface area (Å²) in [6.07, 6.45) is 0. The maximum atomic E-state index is 11.9. The third-order valence-electron chi connectivity index (χ3n) is 3.11. The van der Waals surface area contributed by atoms with Gasteiger partial charge in [0.15, 0.2) is 0 Å². The van der Waals surface area contributed by atoms with E-state index in [1.54, 1.807) is 24.3 Å². The van der Waals surface area contributed by atoms with Crippen LogP contribution in [0.15, 0.2) is 29.2 Å². The van der Waals surface area contributed by atoms with Gasteiger partial charge in [-0.15, -0.1) is 0 Å². The molecule has 0 aliphatic heterocycles. The Bertz CT molecular complexity index is 573. The largest absolute Gasteiger partial charge is 0.309 e. The molecule has 0 spiro atoms. The molecule has 20 heavy (non-hydrogen) atoms. The Balaban J connectivity index is 2.79. The summed E-state index contributed by atoms with van der Waals surface area (Å²) in [5.74, 6) is -0.0501. The van der Waals surface area contributed by atoms with Gasteiger partial charge in [-0.2, -0.15) is 5.26 Å². The van der Waals surface area contributed by atoms with Crippen LogP contribution in [-0.4, -0.2) is 33.4 Å². The van der Waals surface area contributed by atoms with Crippen LogP contribution in [0, 0.1) is 17.2 Å². The fourth-order valence-corrected chi connectivity index (χ4v) is 2.56. The number of rotatable bonds is 6. The van der Waals surface area contributed by atoms with Gasteiger partial charge in [-0.3, -0.25) is 0 Å². The van der Waals surface area contributed by atoms with Crippen LogP contribution in [0.1, 0.15) is 25.5 Å². The number of benzene rings is 1. The predicted octanol–water partition coefficient (Wildman–Crippen LogP) is 1.75. The maximum absolute atomic E-state index is 11.9. The van der Waals surface area contributed by atoms with Gasteiger partial charge in [0, 0.05) is 26.7 Å². The van der Waals surface area contributed by atoms with E-state index in [0.717, 1.165) is 5.56 Å². The van der Waals surface area contributed by atoms with Crippen LogP contribution in [0.3, 0.4) is 0 Å². The zero-order chi connectivity index (χ0) is 15.3. The number of hydrogen-bond acceptors (Lipinski definition) is 4. The Morgan fingerprint density at radius 3 is 2.25 bits per heavy atom. The van der Waals surface area contributed by atoms with Gasteiger partial charge in [0.05, 0.1) is 16.9 Å². The van der Waals surface area contributed by atoms with Crippen molar-refractivity contribution in [2.75, 3.05) is 20.6 Å². The van der Waals surface area contributed by atoms with E-state index < -0.39 is 10.0 Å². The molecular formula is C14H21N3O2S. The standard InChI is InChI=1S/C14H21N3O2S/c1-11(9-15)10-16-12(2)13-5-7-14(8-6-13)20(18,19)17(3)4/h5-8,11-12,16H,10H2,1-4H3. The van der Waals surface area contributed by atoms with E-state index in [2.05, 4.69) is 11.4 Å². The molecular weight excluding hydrogens is 274 g/mol. The molecule has 1 rings (SSSR count). The van der Waals surface area contributed by atoms with Crippen molar-refractivity contribution in [3.05, 3.63) is 29.8 Å². The van der Waals surface area contributed by atoms with Gasteiger partial charge in [-0.1, -0.05) is 12.1 Å². The summed E-state index contributed by atoms with van der Waals surface area (Å²) in [6.45, 7) is 4.45. The lowest BCUT2D eigenvalue weighted by molar-refractivity contribution is 0.519. The second-order valence-electron chi connectivity index (χ2n) is 5.02. The van der Waals surface area contributed by atoms with E-state index in [1.165, 1.54) is 18.4 Å².